The Labute approximate surface area is 96.8 Å². The van der Waals surface area contributed by atoms with Crippen LogP contribution in [0.3, 0.4) is 0 Å². The molecule has 0 aliphatic rings. The summed E-state index contributed by atoms with van der Waals surface area (Å²) < 4.78 is 18.8. The number of benzene rings is 1. The summed E-state index contributed by atoms with van der Waals surface area (Å²) in [7, 11) is 1.69. The summed E-state index contributed by atoms with van der Waals surface area (Å²) in [4.78, 5) is 0. The van der Waals surface area contributed by atoms with Gasteiger partial charge in [-0.25, -0.2) is 4.39 Å². The molecule has 0 saturated heterocycles. The summed E-state index contributed by atoms with van der Waals surface area (Å²) in [6, 6.07) is 5.08. The largest absolute Gasteiger partial charge is 0.382 e. The van der Waals surface area contributed by atoms with E-state index in [-0.39, 0.29) is 11.4 Å². The Morgan fingerprint density at radius 1 is 1.38 bits per heavy atom. The molecule has 0 aliphatic heterocycles. The highest BCUT2D eigenvalue weighted by Crippen LogP contribution is 2.20. The number of nitrogens with one attached hydrogen (secondary N) is 1. The Morgan fingerprint density at radius 3 is 2.62 bits per heavy atom. The van der Waals surface area contributed by atoms with Crippen molar-refractivity contribution >= 4 is 5.69 Å². The second-order valence-electron chi connectivity index (χ2n) is 4.57. The van der Waals surface area contributed by atoms with Crippen LogP contribution in [0.5, 0.6) is 0 Å². The zero-order valence-electron chi connectivity index (χ0n) is 10.4. The molecule has 0 bridgehead atoms. The third-order valence-corrected chi connectivity index (χ3v) is 2.80. The first-order chi connectivity index (χ1) is 7.46. The van der Waals surface area contributed by atoms with E-state index in [2.05, 4.69) is 5.32 Å². The summed E-state index contributed by atoms with van der Waals surface area (Å²) >= 11 is 0. The van der Waals surface area contributed by atoms with Crippen LogP contribution in [0.25, 0.3) is 0 Å². The molecular weight excluding hydrogens is 205 g/mol. The minimum atomic E-state index is -0.199. The minimum absolute atomic E-state index is 0.174. The van der Waals surface area contributed by atoms with Crippen LogP contribution < -0.4 is 5.32 Å². The number of hydrogen-bond acceptors (Lipinski definition) is 2. The quantitative estimate of drug-likeness (QED) is 0.829. The van der Waals surface area contributed by atoms with Gasteiger partial charge in [0.2, 0.25) is 0 Å². The molecule has 0 amide bonds. The van der Waals surface area contributed by atoms with E-state index in [0.29, 0.717) is 12.2 Å². The van der Waals surface area contributed by atoms with E-state index < -0.39 is 0 Å². The van der Waals surface area contributed by atoms with Crippen LogP contribution in [-0.2, 0) is 4.74 Å². The average Bonchev–Trinajstić information content (AvgIpc) is 2.22. The highest BCUT2D eigenvalue weighted by Gasteiger charge is 2.15. The number of para-hydroxylation sites is 1. The van der Waals surface area contributed by atoms with Crippen molar-refractivity contribution in [2.45, 2.75) is 32.8 Å². The predicted octanol–water partition coefficient (Wildman–Crippen LogP) is 3.36. The fourth-order valence-corrected chi connectivity index (χ4v) is 1.45. The number of rotatable bonds is 5. The molecule has 2 nitrogen and oxygen atoms in total. The highest BCUT2D eigenvalue weighted by molar-refractivity contribution is 5.51. The van der Waals surface area contributed by atoms with Crippen molar-refractivity contribution in [3.63, 3.8) is 0 Å². The van der Waals surface area contributed by atoms with Gasteiger partial charge in [0, 0.05) is 13.7 Å². The molecule has 0 unspecified atom stereocenters. The second kappa shape index (κ2) is 5.30. The van der Waals surface area contributed by atoms with Gasteiger partial charge in [0.1, 0.15) is 5.82 Å². The number of aryl methyl sites for hydroxylation is 1. The first-order valence-corrected chi connectivity index (χ1v) is 5.50. The van der Waals surface area contributed by atoms with Crippen molar-refractivity contribution in [2.75, 3.05) is 19.0 Å². The van der Waals surface area contributed by atoms with Crippen LogP contribution in [0, 0.1) is 12.7 Å². The molecular formula is C13H20FNO. The van der Waals surface area contributed by atoms with Crippen molar-refractivity contribution in [3.05, 3.63) is 29.6 Å². The number of methoxy groups -OCH3 is 1. The van der Waals surface area contributed by atoms with Gasteiger partial charge >= 0.3 is 0 Å². The van der Waals surface area contributed by atoms with Gasteiger partial charge in [-0.2, -0.15) is 0 Å². The molecule has 0 aromatic heterocycles. The van der Waals surface area contributed by atoms with E-state index in [1.807, 2.05) is 26.8 Å². The van der Waals surface area contributed by atoms with E-state index in [0.717, 1.165) is 12.0 Å². The van der Waals surface area contributed by atoms with Crippen molar-refractivity contribution in [2.24, 2.45) is 0 Å². The fourth-order valence-electron chi connectivity index (χ4n) is 1.45. The van der Waals surface area contributed by atoms with Gasteiger partial charge in [0.15, 0.2) is 0 Å². The van der Waals surface area contributed by atoms with Crippen LogP contribution in [0.4, 0.5) is 10.1 Å². The molecule has 1 aromatic rings. The molecule has 0 radical (unpaired) electrons. The molecule has 0 atom stereocenters. The zero-order chi connectivity index (χ0) is 12.2. The van der Waals surface area contributed by atoms with Gasteiger partial charge in [0.05, 0.1) is 11.3 Å². The van der Waals surface area contributed by atoms with E-state index >= 15 is 0 Å². The smallest absolute Gasteiger partial charge is 0.146 e. The van der Waals surface area contributed by atoms with E-state index in [1.165, 1.54) is 6.07 Å². The van der Waals surface area contributed by atoms with Crippen molar-refractivity contribution in [1.29, 1.82) is 0 Å². The molecule has 90 valence electrons. The van der Waals surface area contributed by atoms with Crippen LogP contribution in [0.15, 0.2) is 18.2 Å². The van der Waals surface area contributed by atoms with E-state index in [9.17, 15) is 4.39 Å². The third kappa shape index (κ3) is 3.49. The third-order valence-electron chi connectivity index (χ3n) is 2.80. The predicted molar refractivity (Wildman–Crippen MR) is 65.3 cm³/mol. The summed E-state index contributed by atoms with van der Waals surface area (Å²) in [5, 5.41) is 3.12. The maximum Gasteiger partial charge on any atom is 0.146 e. The Kier molecular flexibility index (Phi) is 4.30. The van der Waals surface area contributed by atoms with Gasteiger partial charge in [-0.1, -0.05) is 12.1 Å². The summed E-state index contributed by atoms with van der Waals surface area (Å²) in [5.74, 6) is -0.199. The van der Waals surface area contributed by atoms with Crippen molar-refractivity contribution < 1.29 is 9.13 Å². The van der Waals surface area contributed by atoms with Crippen LogP contribution in [0.2, 0.25) is 0 Å². The molecule has 0 spiro atoms. The molecule has 0 fully saturated rings. The summed E-state index contributed by atoms with van der Waals surface area (Å²) in [6.07, 6.45) is 0.831. The molecule has 1 rings (SSSR count). The molecule has 0 heterocycles. The second-order valence-corrected chi connectivity index (χ2v) is 4.57. The maximum atomic E-state index is 13.5. The number of halogens is 1. The Balaban J connectivity index is 2.56. The topological polar surface area (TPSA) is 21.3 Å². The van der Waals surface area contributed by atoms with Gasteiger partial charge in [-0.15, -0.1) is 0 Å². The average molecular weight is 225 g/mol. The Hall–Kier alpha value is -1.09. The van der Waals surface area contributed by atoms with Gasteiger partial charge in [0.25, 0.3) is 0 Å². The number of hydrogen-bond donors (Lipinski definition) is 1. The molecule has 0 aliphatic carbocycles. The molecule has 3 heteroatoms. The number of ether oxygens (including phenoxy) is 1. The van der Waals surface area contributed by atoms with Crippen molar-refractivity contribution in [1.82, 2.24) is 0 Å². The number of anilines is 1. The van der Waals surface area contributed by atoms with Crippen LogP contribution in [0.1, 0.15) is 25.8 Å². The minimum Gasteiger partial charge on any atom is -0.382 e. The Bertz CT molecular complexity index is 330. The molecule has 1 aromatic carbocycles. The van der Waals surface area contributed by atoms with Crippen LogP contribution in [-0.4, -0.2) is 19.3 Å². The summed E-state index contributed by atoms with van der Waals surface area (Å²) in [5.41, 5.74) is 1.34. The first-order valence-electron chi connectivity index (χ1n) is 5.50. The zero-order valence-corrected chi connectivity index (χ0v) is 10.4. The first kappa shape index (κ1) is 13.0. The standard InChI is InChI=1S/C13H20FNO/c1-10-6-5-7-11(14)12(10)15-9-8-13(2,3)16-4/h5-7,15H,8-9H2,1-4H3. The highest BCUT2D eigenvalue weighted by atomic mass is 19.1. The van der Waals surface area contributed by atoms with Gasteiger partial charge in [-0.3, -0.25) is 0 Å². The van der Waals surface area contributed by atoms with Gasteiger partial charge < -0.3 is 10.1 Å². The molecule has 16 heavy (non-hydrogen) atoms. The lowest BCUT2D eigenvalue weighted by molar-refractivity contribution is 0.0184. The maximum absolute atomic E-state index is 13.5. The van der Waals surface area contributed by atoms with Crippen molar-refractivity contribution in [3.8, 4) is 0 Å². The fraction of sp³-hybridized carbons (Fsp3) is 0.538. The van der Waals surface area contributed by atoms with E-state index in [1.54, 1.807) is 13.2 Å². The SMILES string of the molecule is COC(C)(C)CCNc1c(C)cccc1F. The van der Waals surface area contributed by atoms with E-state index in [4.69, 9.17) is 4.74 Å². The normalized spacial score (nSPS) is 11.6. The lowest BCUT2D eigenvalue weighted by Crippen LogP contribution is -2.26. The monoisotopic (exact) mass is 225 g/mol. The molecule has 0 saturated carbocycles. The molecule has 1 N–H and O–H groups in total. The van der Waals surface area contributed by atoms with Gasteiger partial charge in [-0.05, 0) is 38.8 Å². The Morgan fingerprint density at radius 2 is 2.06 bits per heavy atom. The lowest BCUT2D eigenvalue weighted by Gasteiger charge is -2.23. The summed E-state index contributed by atoms with van der Waals surface area (Å²) in [6.45, 7) is 6.63. The lowest BCUT2D eigenvalue weighted by atomic mass is 10.1. The van der Waals surface area contributed by atoms with Crippen LogP contribution >= 0.6 is 0 Å².